The maximum absolute atomic E-state index is 11.3. The van der Waals surface area contributed by atoms with Crippen LogP contribution in [0.1, 0.15) is 79.1 Å². The molecule has 1 heterocycles. The van der Waals surface area contributed by atoms with Gasteiger partial charge >= 0.3 is 0 Å². The molecule has 0 fully saturated rings. The first-order chi connectivity index (χ1) is 7.88. The number of carbonyl (C=O) groups is 1. The van der Waals surface area contributed by atoms with E-state index >= 15 is 0 Å². The molecule has 17 heavy (non-hydrogen) atoms. The highest BCUT2D eigenvalue weighted by Crippen LogP contribution is 2.38. The number of allylic oxidation sites excluding steroid dienone is 1. The third kappa shape index (κ3) is 3.06. The van der Waals surface area contributed by atoms with Gasteiger partial charge in [-0.25, -0.2) is 0 Å². The number of hydrogen-bond acceptors (Lipinski definition) is 2. The van der Waals surface area contributed by atoms with Crippen LogP contribution < -0.4 is 0 Å². The summed E-state index contributed by atoms with van der Waals surface area (Å²) >= 11 is 1.79. The molecule has 0 bridgehead atoms. The monoisotopic (exact) mass is 250 g/mol. The van der Waals surface area contributed by atoms with Crippen LogP contribution in [0.15, 0.2) is 5.57 Å². The fourth-order valence-electron chi connectivity index (χ4n) is 1.91. The molecule has 1 rings (SSSR count). The van der Waals surface area contributed by atoms with E-state index < -0.39 is 0 Å². The SMILES string of the molecule is CC(C)=Cc1c(C(C)C)sc(C(C)C)c1C=O. The highest BCUT2D eigenvalue weighted by molar-refractivity contribution is 7.12. The Bertz CT molecular complexity index is 432. The van der Waals surface area contributed by atoms with Gasteiger partial charge in [-0.2, -0.15) is 0 Å². The van der Waals surface area contributed by atoms with E-state index in [0.717, 1.165) is 17.4 Å². The molecule has 1 aromatic rings. The summed E-state index contributed by atoms with van der Waals surface area (Å²) < 4.78 is 0. The van der Waals surface area contributed by atoms with Gasteiger partial charge in [0.25, 0.3) is 0 Å². The number of carbonyl (C=O) groups excluding carboxylic acids is 1. The van der Waals surface area contributed by atoms with Crippen molar-refractivity contribution in [3.8, 4) is 0 Å². The van der Waals surface area contributed by atoms with Crippen LogP contribution in [0.25, 0.3) is 6.08 Å². The molecule has 0 saturated heterocycles. The first-order valence-electron chi connectivity index (χ1n) is 6.15. The van der Waals surface area contributed by atoms with E-state index in [1.807, 2.05) is 0 Å². The second kappa shape index (κ2) is 5.63. The Morgan fingerprint density at radius 2 is 1.47 bits per heavy atom. The molecule has 0 aliphatic rings. The summed E-state index contributed by atoms with van der Waals surface area (Å²) in [4.78, 5) is 13.9. The van der Waals surface area contributed by atoms with Crippen LogP contribution in [0.2, 0.25) is 0 Å². The zero-order valence-corrected chi connectivity index (χ0v) is 12.4. The van der Waals surface area contributed by atoms with E-state index in [2.05, 4.69) is 47.6 Å². The molecule has 0 saturated carbocycles. The number of rotatable bonds is 4. The predicted molar refractivity (Wildman–Crippen MR) is 77.2 cm³/mol. The fourth-order valence-corrected chi connectivity index (χ4v) is 3.17. The van der Waals surface area contributed by atoms with Crippen molar-refractivity contribution in [2.24, 2.45) is 0 Å². The highest BCUT2D eigenvalue weighted by atomic mass is 32.1. The van der Waals surface area contributed by atoms with Gasteiger partial charge in [-0.05, 0) is 31.2 Å². The third-order valence-corrected chi connectivity index (χ3v) is 4.46. The molecule has 1 nitrogen and oxygen atoms in total. The van der Waals surface area contributed by atoms with E-state index in [0.29, 0.717) is 11.8 Å². The molecule has 2 heteroatoms. The van der Waals surface area contributed by atoms with Gasteiger partial charge in [0.1, 0.15) is 0 Å². The van der Waals surface area contributed by atoms with E-state index in [1.165, 1.54) is 15.3 Å². The minimum Gasteiger partial charge on any atom is -0.298 e. The van der Waals surface area contributed by atoms with Crippen molar-refractivity contribution < 1.29 is 4.79 Å². The summed E-state index contributed by atoms with van der Waals surface area (Å²) in [5, 5.41) is 0. The standard InChI is InChI=1S/C15H22OS/c1-9(2)7-12-13(8-16)15(11(5)6)17-14(12)10(3)4/h7-8,10-11H,1-6H3. The molecule has 0 spiro atoms. The van der Waals surface area contributed by atoms with Crippen LogP contribution in [0, 0.1) is 0 Å². The molecule has 0 radical (unpaired) electrons. The zero-order valence-electron chi connectivity index (χ0n) is 11.6. The van der Waals surface area contributed by atoms with Crippen molar-refractivity contribution in [2.75, 3.05) is 0 Å². The molecule has 0 aromatic carbocycles. The number of aldehydes is 1. The quantitative estimate of drug-likeness (QED) is 0.669. The van der Waals surface area contributed by atoms with Gasteiger partial charge in [0.2, 0.25) is 0 Å². The van der Waals surface area contributed by atoms with E-state index in [1.54, 1.807) is 11.3 Å². The Morgan fingerprint density at radius 3 is 1.82 bits per heavy atom. The average Bonchev–Trinajstić information content (AvgIpc) is 2.55. The smallest absolute Gasteiger partial charge is 0.151 e. The minimum atomic E-state index is 0.414. The molecule has 1 aromatic heterocycles. The molecule has 0 aliphatic heterocycles. The highest BCUT2D eigenvalue weighted by Gasteiger charge is 2.19. The Labute approximate surface area is 109 Å². The lowest BCUT2D eigenvalue weighted by Gasteiger charge is -2.04. The molecule has 0 atom stereocenters. The van der Waals surface area contributed by atoms with Crippen LogP contribution in [-0.4, -0.2) is 6.29 Å². The van der Waals surface area contributed by atoms with Crippen molar-refractivity contribution in [1.29, 1.82) is 0 Å². The van der Waals surface area contributed by atoms with Gasteiger partial charge in [0.15, 0.2) is 6.29 Å². The Balaban J connectivity index is 3.51. The average molecular weight is 250 g/mol. The zero-order chi connectivity index (χ0) is 13.2. The third-order valence-electron chi connectivity index (χ3n) is 2.64. The van der Waals surface area contributed by atoms with Gasteiger partial charge in [-0.1, -0.05) is 39.3 Å². The van der Waals surface area contributed by atoms with E-state index in [9.17, 15) is 4.79 Å². The Morgan fingerprint density at radius 1 is 1.00 bits per heavy atom. The molecule has 0 N–H and O–H groups in total. The molecular formula is C15H22OS. The van der Waals surface area contributed by atoms with Crippen molar-refractivity contribution >= 4 is 23.7 Å². The number of thiophene rings is 1. The van der Waals surface area contributed by atoms with Crippen molar-refractivity contribution in [1.82, 2.24) is 0 Å². The van der Waals surface area contributed by atoms with Crippen molar-refractivity contribution in [2.45, 2.75) is 53.4 Å². The normalized spacial score (nSPS) is 11.1. The summed E-state index contributed by atoms with van der Waals surface area (Å²) in [5.41, 5.74) is 3.28. The maximum Gasteiger partial charge on any atom is 0.151 e. The van der Waals surface area contributed by atoms with Gasteiger partial charge in [0, 0.05) is 15.3 Å². The lowest BCUT2D eigenvalue weighted by molar-refractivity contribution is 0.112. The fraction of sp³-hybridized carbons (Fsp3) is 0.533. The van der Waals surface area contributed by atoms with Crippen LogP contribution >= 0.6 is 11.3 Å². The first kappa shape index (κ1) is 14.2. The Kier molecular flexibility index (Phi) is 4.70. The van der Waals surface area contributed by atoms with Gasteiger partial charge in [-0.3, -0.25) is 4.79 Å². The lowest BCUT2D eigenvalue weighted by atomic mass is 9.99. The van der Waals surface area contributed by atoms with Crippen LogP contribution in [0.5, 0.6) is 0 Å². The second-order valence-corrected chi connectivity index (χ2v) is 6.39. The summed E-state index contributed by atoms with van der Waals surface area (Å²) in [7, 11) is 0. The lowest BCUT2D eigenvalue weighted by Crippen LogP contribution is -1.92. The summed E-state index contributed by atoms with van der Waals surface area (Å²) in [6.07, 6.45) is 3.16. The summed E-state index contributed by atoms with van der Waals surface area (Å²) in [6.45, 7) is 12.8. The topological polar surface area (TPSA) is 17.1 Å². The van der Waals surface area contributed by atoms with Crippen LogP contribution in [-0.2, 0) is 0 Å². The van der Waals surface area contributed by atoms with Gasteiger partial charge < -0.3 is 0 Å². The molecule has 0 aliphatic carbocycles. The largest absolute Gasteiger partial charge is 0.298 e. The summed E-state index contributed by atoms with van der Waals surface area (Å²) in [5.74, 6) is 0.883. The minimum absolute atomic E-state index is 0.414. The van der Waals surface area contributed by atoms with E-state index in [-0.39, 0.29) is 0 Å². The van der Waals surface area contributed by atoms with Crippen LogP contribution in [0.4, 0.5) is 0 Å². The van der Waals surface area contributed by atoms with Crippen molar-refractivity contribution in [3.63, 3.8) is 0 Å². The predicted octanol–water partition coefficient (Wildman–Crippen LogP) is 5.23. The maximum atomic E-state index is 11.3. The van der Waals surface area contributed by atoms with Gasteiger partial charge in [-0.15, -0.1) is 11.3 Å². The second-order valence-electron chi connectivity index (χ2n) is 5.31. The molecule has 0 unspecified atom stereocenters. The van der Waals surface area contributed by atoms with Crippen molar-refractivity contribution in [3.05, 3.63) is 26.5 Å². The first-order valence-corrected chi connectivity index (χ1v) is 6.96. The molecule has 0 amide bonds. The summed E-state index contributed by atoms with van der Waals surface area (Å²) in [6, 6.07) is 0. The van der Waals surface area contributed by atoms with E-state index in [4.69, 9.17) is 0 Å². The molecular weight excluding hydrogens is 228 g/mol. The number of hydrogen-bond donors (Lipinski definition) is 0. The van der Waals surface area contributed by atoms with Gasteiger partial charge in [0.05, 0.1) is 0 Å². The molecule has 94 valence electrons. The van der Waals surface area contributed by atoms with Crippen LogP contribution in [0.3, 0.4) is 0 Å². The Hall–Kier alpha value is -0.890.